The van der Waals surface area contributed by atoms with Gasteiger partial charge in [-0.2, -0.15) is 4.39 Å². The van der Waals surface area contributed by atoms with Gasteiger partial charge in [-0.15, -0.1) is 0 Å². The smallest absolute Gasteiger partial charge is 0.305 e. The summed E-state index contributed by atoms with van der Waals surface area (Å²) >= 11 is 0. The van der Waals surface area contributed by atoms with Gasteiger partial charge in [-0.05, 0) is 13.0 Å². The van der Waals surface area contributed by atoms with E-state index >= 15 is 0 Å². The van der Waals surface area contributed by atoms with Crippen molar-refractivity contribution in [1.29, 1.82) is 0 Å². The van der Waals surface area contributed by atoms with E-state index in [-0.39, 0.29) is 6.42 Å². The zero-order valence-electron chi connectivity index (χ0n) is 10.4. The molecule has 0 bridgehead atoms. The molecule has 0 radical (unpaired) electrons. The van der Waals surface area contributed by atoms with E-state index in [0.29, 0.717) is 12.1 Å². The maximum absolute atomic E-state index is 13.7. The number of nitro groups is 1. The van der Waals surface area contributed by atoms with E-state index in [4.69, 9.17) is 5.73 Å². The average molecular weight is 287 g/mol. The first kappa shape index (κ1) is 15.5. The highest BCUT2D eigenvalue weighted by molar-refractivity contribution is 5.95. The molecular formula is C11H11F2N3O4. The highest BCUT2D eigenvalue weighted by Crippen LogP contribution is 2.23. The number of carbonyl (C=O) groups is 2. The van der Waals surface area contributed by atoms with E-state index in [2.05, 4.69) is 5.32 Å². The van der Waals surface area contributed by atoms with E-state index in [1.54, 1.807) is 0 Å². The van der Waals surface area contributed by atoms with E-state index in [1.165, 1.54) is 6.92 Å². The van der Waals surface area contributed by atoms with E-state index in [9.17, 15) is 28.5 Å². The summed E-state index contributed by atoms with van der Waals surface area (Å²) in [5.74, 6) is -4.72. The van der Waals surface area contributed by atoms with Crippen LogP contribution in [0.5, 0.6) is 0 Å². The zero-order valence-corrected chi connectivity index (χ0v) is 10.4. The first-order chi connectivity index (χ1) is 9.23. The molecule has 0 saturated carbocycles. The highest BCUT2D eigenvalue weighted by Gasteiger charge is 2.26. The molecule has 0 heterocycles. The summed E-state index contributed by atoms with van der Waals surface area (Å²) in [6, 6.07) is 0.474. The number of hydrogen-bond donors (Lipinski definition) is 2. The number of carbonyl (C=O) groups excluding carboxylic acids is 2. The van der Waals surface area contributed by atoms with Gasteiger partial charge in [-0.1, -0.05) is 0 Å². The molecule has 1 atom stereocenters. The summed E-state index contributed by atoms with van der Waals surface area (Å²) in [6.07, 6.45) is -0.232. The molecule has 1 aromatic carbocycles. The Morgan fingerprint density at radius 1 is 1.45 bits per heavy atom. The van der Waals surface area contributed by atoms with Crippen molar-refractivity contribution < 1.29 is 23.3 Å². The topological polar surface area (TPSA) is 115 Å². The van der Waals surface area contributed by atoms with Crippen LogP contribution in [0.25, 0.3) is 0 Å². The minimum absolute atomic E-state index is 0.232. The van der Waals surface area contributed by atoms with Crippen molar-refractivity contribution in [1.82, 2.24) is 5.32 Å². The fourth-order valence-electron chi connectivity index (χ4n) is 1.54. The summed E-state index contributed by atoms with van der Waals surface area (Å²) in [4.78, 5) is 31.8. The van der Waals surface area contributed by atoms with Crippen molar-refractivity contribution in [2.75, 3.05) is 0 Å². The lowest BCUT2D eigenvalue weighted by Crippen LogP contribution is -2.36. The van der Waals surface area contributed by atoms with Gasteiger partial charge in [0, 0.05) is 18.5 Å². The van der Waals surface area contributed by atoms with Gasteiger partial charge in [0.15, 0.2) is 0 Å². The Balaban J connectivity index is 3.06. The Morgan fingerprint density at radius 3 is 2.55 bits per heavy atom. The molecule has 20 heavy (non-hydrogen) atoms. The van der Waals surface area contributed by atoms with Crippen molar-refractivity contribution in [3.8, 4) is 0 Å². The molecule has 0 saturated heterocycles. The molecule has 0 fully saturated rings. The predicted octanol–water partition coefficient (Wildman–Crippen LogP) is 0.867. The van der Waals surface area contributed by atoms with E-state index in [0.717, 1.165) is 0 Å². The number of amides is 2. The predicted molar refractivity (Wildman–Crippen MR) is 63.8 cm³/mol. The molecule has 1 unspecified atom stereocenters. The van der Waals surface area contributed by atoms with E-state index in [1.807, 2.05) is 0 Å². The molecular weight excluding hydrogens is 276 g/mol. The van der Waals surface area contributed by atoms with Gasteiger partial charge >= 0.3 is 5.69 Å². The lowest BCUT2D eigenvalue weighted by atomic mass is 10.1. The third kappa shape index (κ3) is 3.46. The Kier molecular flexibility index (Phi) is 4.68. The molecule has 9 heteroatoms. The van der Waals surface area contributed by atoms with Gasteiger partial charge in [-0.3, -0.25) is 19.7 Å². The van der Waals surface area contributed by atoms with Crippen molar-refractivity contribution >= 4 is 17.5 Å². The number of benzene rings is 1. The molecule has 7 nitrogen and oxygen atoms in total. The summed E-state index contributed by atoms with van der Waals surface area (Å²) in [6.45, 7) is 1.40. The normalized spacial score (nSPS) is 11.8. The Labute approximate surface area is 111 Å². The first-order valence-electron chi connectivity index (χ1n) is 5.45. The highest BCUT2D eigenvalue weighted by atomic mass is 19.1. The number of rotatable bonds is 5. The van der Waals surface area contributed by atoms with Gasteiger partial charge in [0.25, 0.3) is 5.91 Å². The number of nitro benzene ring substituents is 1. The van der Waals surface area contributed by atoms with Gasteiger partial charge in [0.05, 0.1) is 4.92 Å². The monoisotopic (exact) mass is 287 g/mol. The fourth-order valence-corrected chi connectivity index (χ4v) is 1.54. The minimum atomic E-state index is -1.57. The van der Waals surface area contributed by atoms with Gasteiger partial charge in [-0.25, -0.2) is 4.39 Å². The molecule has 0 aliphatic rings. The van der Waals surface area contributed by atoms with Gasteiger partial charge in [0.2, 0.25) is 11.7 Å². The van der Waals surface area contributed by atoms with Crippen LogP contribution in [-0.4, -0.2) is 22.8 Å². The Bertz CT molecular complexity index is 577. The maximum Gasteiger partial charge on any atom is 0.305 e. The Morgan fingerprint density at radius 2 is 2.05 bits per heavy atom. The second-order valence-electron chi connectivity index (χ2n) is 4.06. The van der Waals surface area contributed by atoms with Crippen molar-refractivity contribution in [3.05, 3.63) is 39.4 Å². The van der Waals surface area contributed by atoms with Crippen LogP contribution >= 0.6 is 0 Å². The number of primary amides is 1. The maximum atomic E-state index is 13.7. The molecule has 1 aromatic rings. The van der Waals surface area contributed by atoms with Crippen molar-refractivity contribution in [2.24, 2.45) is 5.73 Å². The first-order valence-corrected chi connectivity index (χ1v) is 5.45. The number of nitrogens with two attached hydrogens (primary N) is 1. The van der Waals surface area contributed by atoms with Crippen LogP contribution in [0.1, 0.15) is 23.7 Å². The summed E-state index contributed by atoms with van der Waals surface area (Å²) in [5, 5.41) is 12.7. The second kappa shape index (κ2) is 6.04. The van der Waals surface area contributed by atoms with Crippen LogP contribution < -0.4 is 11.1 Å². The summed E-state index contributed by atoms with van der Waals surface area (Å²) in [7, 11) is 0. The molecule has 108 valence electrons. The summed E-state index contributed by atoms with van der Waals surface area (Å²) < 4.78 is 27.2. The average Bonchev–Trinajstić information content (AvgIpc) is 2.26. The fraction of sp³-hybridized carbons (Fsp3) is 0.273. The minimum Gasteiger partial charge on any atom is -0.370 e. The third-order valence-electron chi connectivity index (χ3n) is 2.38. The lowest BCUT2D eigenvalue weighted by molar-refractivity contribution is -0.387. The number of nitrogens with one attached hydrogen (secondary N) is 1. The van der Waals surface area contributed by atoms with E-state index < -0.39 is 45.7 Å². The molecule has 0 aliphatic heterocycles. The largest absolute Gasteiger partial charge is 0.370 e. The van der Waals surface area contributed by atoms with Gasteiger partial charge < -0.3 is 11.1 Å². The Hall–Kier alpha value is -2.58. The SMILES string of the molecule is CC(CC(N)=O)NC(=O)c1c(F)ccc([N+](=O)[O-])c1F. The quantitative estimate of drug-likeness (QED) is 0.617. The van der Waals surface area contributed by atoms with Gasteiger partial charge in [0.1, 0.15) is 11.4 Å². The molecule has 0 spiro atoms. The van der Waals surface area contributed by atoms with Crippen LogP contribution in [0, 0.1) is 21.7 Å². The molecule has 2 amide bonds. The second-order valence-corrected chi connectivity index (χ2v) is 4.06. The molecule has 3 N–H and O–H groups in total. The van der Waals surface area contributed by atoms with Crippen LogP contribution in [0.15, 0.2) is 12.1 Å². The molecule has 0 aliphatic carbocycles. The van der Waals surface area contributed by atoms with Crippen molar-refractivity contribution in [3.63, 3.8) is 0 Å². The molecule has 1 rings (SSSR count). The van der Waals surface area contributed by atoms with Crippen LogP contribution in [-0.2, 0) is 4.79 Å². The van der Waals surface area contributed by atoms with Crippen LogP contribution in [0.4, 0.5) is 14.5 Å². The van der Waals surface area contributed by atoms with Crippen LogP contribution in [0.2, 0.25) is 0 Å². The molecule has 0 aromatic heterocycles. The summed E-state index contributed by atoms with van der Waals surface area (Å²) in [5.41, 5.74) is 2.82. The third-order valence-corrected chi connectivity index (χ3v) is 2.38. The number of nitrogens with zero attached hydrogens (tertiary/aromatic N) is 1. The standard InChI is InChI=1S/C11H11F2N3O4/c1-5(4-8(14)17)15-11(18)9-6(12)2-3-7(10(9)13)16(19)20/h2-3,5H,4H2,1H3,(H2,14,17)(H,15,18). The van der Waals surface area contributed by atoms with Crippen LogP contribution in [0.3, 0.4) is 0 Å². The zero-order chi connectivity index (χ0) is 15.4. The number of halogens is 2. The number of hydrogen-bond acceptors (Lipinski definition) is 4. The van der Waals surface area contributed by atoms with Crippen molar-refractivity contribution in [2.45, 2.75) is 19.4 Å². The lowest BCUT2D eigenvalue weighted by Gasteiger charge is -2.12.